The number of amides is 1. The lowest BCUT2D eigenvalue weighted by Gasteiger charge is -2.64. The molecule has 4 nitrogen and oxygen atoms in total. The Morgan fingerprint density at radius 1 is 1.00 bits per heavy atom. The van der Waals surface area contributed by atoms with Crippen LogP contribution in [-0.2, 0) is 4.79 Å². The van der Waals surface area contributed by atoms with E-state index in [0.29, 0.717) is 24.0 Å². The molecule has 0 radical (unpaired) electrons. The van der Waals surface area contributed by atoms with Crippen LogP contribution in [0.15, 0.2) is 18.2 Å². The van der Waals surface area contributed by atoms with Crippen molar-refractivity contribution < 1.29 is 14.3 Å². The zero-order chi connectivity index (χ0) is 17.3. The van der Waals surface area contributed by atoms with Crippen molar-refractivity contribution >= 4 is 11.6 Å². The summed E-state index contributed by atoms with van der Waals surface area (Å²) < 4.78 is 11.2. The van der Waals surface area contributed by atoms with Crippen LogP contribution in [0.4, 0.5) is 5.69 Å². The number of hydrogen-bond donors (Lipinski definition) is 1. The molecule has 1 aromatic carbocycles. The first-order valence-corrected chi connectivity index (χ1v) is 9.58. The maximum atomic E-state index is 13.3. The van der Waals surface area contributed by atoms with Crippen molar-refractivity contribution in [1.29, 1.82) is 0 Å². The van der Waals surface area contributed by atoms with Crippen molar-refractivity contribution in [2.75, 3.05) is 18.5 Å². The van der Waals surface area contributed by atoms with E-state index in [2.05, 4.69) is 19.2 Å². The van der Waals surface area contributed by atoms with Crippen LogP contribution < -0.4 is 14.8 Å². The number of carbonyl (C=O) groups excluding carboxylic acids is 1. The second-order valence-corrected chi connectivity index (χ2v) is 9.72. The highest BCUT2D eigenvalue weighted by atomic mass is 16.6. The molecule has 1 heterocycles. The van der Waals surface area contributed by atoms with Crippen molar-refractivity contribution in [3.8, 4) is 11.5 Å². The minimum absolute atomic E-state index is 0.184. The molecule has 0 aromatic heterocycles. The SMILES string of the molecule is CC12CC3CC(C)(C1)CC(C(=O)Nc1ccc4c(c1)OCCO4)(C3)C2. The molecule has 0 spiro atoms. The second-order valence-electron chi connectivity index (χ2n) is 9.72. The fraction of sp³-hybridized carbons (Fsp3) is 0.667. The van der Waals surface area contributed by atoms with E-state index in [9.17, 15) is 4.79 Å². The highest BCUT2D eigenvalue weighted by molar-refractivity contribution is 5.96. The third-order valence-corrected chi connectivity index (χ3v) is 6.91. The van der Waals surface area contributed by atoms with Crippen molar-refractivity contribution in [1.82, 2.24) is 0 Å². The third-order valence-electron chi connectivity index (χ3n) is 6.91. The molecular weight excluding hydrogens is 314 g/mol. The van der Waals surface area contributed by atoms with Gasteiger partial charge in [0.15, 0.2) is 11.5 Å². The maximum absolute atomic E-state index is 13.3. The number of carbonyl (C=O) groups is 1. The van der Waals surface area contributed by atoms with Gasteiger partial charge in [-0.1, -0.05) is 13.8 Å². The maximum Gasteiger partial charge on any atom is 0.230 e. The topological polar surface area (TPSA) is 47.6 Å². The molecule has 4 heteroatoms. The fourth-order valence-corrected chi connectivity index (χ4v) is 7.09. The second kappa shape index (κ2) is 4.93. The van der Waals surface area contributed by atoms with Crippen LogP contribution in [0.2, 0.25) is 0 Å². The van der Waals surface area contributed by atoms with Crippen LogP contribution >= 0.6 is 0 Å². The molecule has 134 valence electrons. The van der Waals surface area contributed by atoms with E-state index < -0.39 is 0 Å². The average molecular weight is 341 g/mol. The Labute approximate surface area is 149 Å². The van der Waals surface area contributed by atoms with Crippen molar-refractivity contribution in [3.05, 3.63) is 18.2 Å². The summed E-state index contributed by atoms with van der Waals surface area (Å²) in [7, 11) is 0. The Bertz CT molecular complexity index is 725. The number of hydrogen-bond acceptors (Lipinski definition) is 3. The summed E-state index contributed by atoms with van der Waals surface area (Å²) in [5.41, 5.74) is 1.33. The van der Waals surface area contributed by atoms with Crippen LogP contribution in [0, 0.1) is 22.2 Å². The van der Waals surface area contributed by atoms with Gasteiger partial charge < -0.3 is 14.8 Å². The predicted molar refractivity (Wildman–Crippen MR) is 95.9 cm³/mol. The van der Waals surface area contributed by atoms with Gasteiger partial charge in [0, 0.05) is 11.8 Å². The number of benzene rings is 1. The zero-order valence-corrected chi connectivity index (χ0v) is 15.2. The van der Waals surface area contributed by atoms with E-state index in [-0.39, 0.29) is 11.3 Å². The Morgan fingerprint density at radius 2 is 1.68 bits per heavy atom. The normalized spacial score (nSPS) is 40.8. The van der Waals surface area contributed by atoms with Crippen molar-refractivity contribution in [2.45, 2.75) is 52.4 Å². The molecule has 4 fully saturated rings. The first kappa shape index (κ1) is 15.5. The standard InChI is InChI=1S/C21H27NO3/c1-19-8-14-9-20(2,11-19)13-21(10-14,12-19)18(23)22-15-3-4-16-17(7-15)25-6-5-24-16/h3-4,7,14H,5-6,8-13H2,1-2H3,(H,22,23). The van der Waals surface area contributed by atoms with E-state index in [1.807, 2.05) is 18.2 Å². The largest absolute Gasteiger partial charge is 0.486 e. The summed E-state index contributed by atoms with van der Waals surface area (Å²) in [6.07, 6.45) is 7.05. The zero-order valence-electron chi connectivity index (χ0n) is 15.2. The van der Waals surface area contributed by atoms with Crippen molar-refractivity contribution in [3.63, 3.8) is 0 Å². The Kier molecular flexibility index (Phi) is 3.06. The summed E-state index contributed by atoms with van der Waals surface area (Å²) >= 11 is 0. The summed E-state index contributed by atoms with van der Waals surface area (Å²) in [4.78, 5) is 13.3. The first-order valence-electron chi connectivity index (χ1n) is 9.58. The number of ether oxygens (including phenoxy) is 2. The van der Waals surface area contributed by atoms with E-state index >= 15 is 0 Å². The average Bonchev–Trinajstić information content (AvgIpc) is 2.51. The number of fused-ring (bicyclic) bond motifs is 1. The lowest BCUT2D eigenvalue weighted by Crippen LogP contribution is -2.58. The molecule has 2 atom stereocenters. The van der Waals surface area contributed by atoms with E-state index in [1.165, 1.54) is 19.3 Å². The minimum Gasteiger partial charge on any atom is -0.486 e. The molecule has 5 aliphatic rings. The quantitative estimate of drug-likeness (QED) is 0.868. The summed E-state index contributed by atoms with van der Waals surface area (Å²) in [5, 5.41) is 3.21. The van der Waals surface area contributed by atoms with E-state index in [4.69, 9.17) is 9.47 Å². The third kappa shape index (κ3) is 2.44. The van der Waals surface area contributed by atoms with Gasteiger partial charge in [0.1, 0.15) is 13.2 Å². The fourth-order valence-electron chi connectivity index (χ4n) is 7.09. The lowest BCUT2D eigenvalue weighted by atomic mass is 9.40. The van der Waals surface area contributed by atoms with Gasteiger partial charge in [-0.05, 0) is 67.4 Å². The van der Waals surface area contributed by atoms with Crippen molar-refractivity contribution in [2.24, 2.45) is 22.2 Å². The summed E-state index contributed by atoms with van der Waals surface area (Å²) in [5.74, 6) is 2.43. The number of anilines is 1. The van der Waals surface area contributed by atoms with Crippen LogP contribution in [0.25, 0.3) is 0 Å². The Morgan fingerprint density at radius 3 is 2.36 bits per heavy atom. The molecule has 1 N–H and O–H groups in total. The minimum atomic E-state index is -0.184. The highest BCUT2D eigenvalue weighted by Crippen LogP contribution is 2.69. The van der Waals surface area contributed by atoms with Crippen LogP contribution in [0.1, 0.15) is 52.4 Å². The number of rotatable bonds is 2. The molecule has 4 bridgehead atoms. The van der Waals surface area contributed by atoms with Gasteiger partial charge in [-0.15, -0.1) is 0 Å². The number of nitrogens with one attached hydrogen (secondary N) is 1. The molecule has 4 aliphatic carbocycles. The highest BCUT2D eigenvalue weighted by Gasteiger charge is 2.62. The molecule has 4 saturated carbocycles. The molecule has 2 unspecified atom stereocenters. The van der Waals surface area contributed by atoms with Crippen LogP contribution in [0.3, 0.4) is 0 Å². The Balaban J connectivity index is 1.41. The van der Waals surface area contributed by atoms with Gasteiger partial charge in [-0.25, -0.2) is 0 Å². The smallest absolute Gasteiger partial charge is 0.230 e. The van der Waals surface area contributed by atoms with Gasteiger partial charge in [-0.2, -0.15) is 0 Å². The first-order chi connectivity index (χ1) is 11.9. The molecular formula is C21H27NO3. The molecule has 1 aromatic rings. The molecule has 6 rings (SSSR count). The lowest BCUT2D eigenvalue weighted by molar-refractivity contribution is -0.165. The molecule has 25 heavy (non-hydrogen) atoms. The molecule has 1 aliphatic heterocycles. The van der Waals surface area contributed by atoms with Crippen LogP contribution in [0.5, 0.6) is 11.5 Å². The van der Waals surface area contributed by atoms with E-state index in [1.54, 1.807) is 0 Å². The summed E-state index contributed by atoms with van der Waals surface area (Å²) in [6, 6.07) is 5.72. The van der Waals surface area contributed by atoms with Gasteiger partial charge in [-0.3, -0.25) is 4.79 Å². The van der Waals surface area contributed by atoms with Crippen LogP contribution in [-0.4, -0.2) is 19.1 Å². The van der Waals surface area contributed by atoms with Gasteiger partial charge in [0.05, 0.1) is 5.41 Å². The molecule has 0 saturated heterocycles. The summed E-state index contributed by atoms with van der Waals surface area (Å²) in [6.45, 7) is 5.96. The van der Waals surface area contributed by atoms with Gasteiger partial charge in [0.2, 0.25) is 5.91 Å². The monoisotopic (exact) mass is 341 g/mol. The predicted octanol–water partition coefficient (Wildman–Crippen LogP) is 4.39. The van der Waals surface area contributed by atoms with Gasteiger partial charge in [0.25, 0.3) is 0 Å². The van der Waals surface area contributed by atoms with Gasteiger partial charge >= 0.3 is 0 Å². The molecule has 1 amide bonds. The Hall–Kier alpha value is -1.71. The van der Waals surface area contributed by atoms with E-state index in [0.717, 1.165) is 42.4 Å².